The lowest BCUT2D eigenvalue weighted by Crippen LogP contribution is -2.38. The lowest BCUT2D eigenvalue weighted by Gasteiger charge is -2.24. The molecule has 0 radical (unpaired) electrons. The van der Waals surface area contributed by atoms with Crippen molar-refractivity contribution in [3.63, 3.8) is 0 Å². The number of likely N-dealkylation sites (N-methyl/N-ethyl adjacent to an activating group) is 1. The third-order valence-corrected chi connectivity index (χ3v) is 5.40. The van der Waals surface area contributed by atoms with Gasteiger partial charge >= 0.3 is 10.2 Å². The summed E-state index contributed by atoms with van der Waals surface area (Å²) >= 11 is 0. The van der Waals surface area contributed by atoms with Crippen molar-refractivity contribution in [2.75, 3.05) is 14.2 Å². The van der Waals surface area contributed by atoms with Crippen LogP contribution in [0, 0.1) is 0 Å². The molecule has 1 heterocycles. The number of para-hydroxylation sites is 1. The normalized spacial score (nSPS) is 15.6. The molecule has 2 aromatic carbocycles. The molecule has 1 N–H and O–H groups in total. The van der Waals surface area contributed by atoms with Crippen LogP contribution >= 0.6 is 0 Å². The Hall–Kier alpha value is -3.13. The van der Waals surface area contributed by atoms with Gasteiger partial charge in [0.25, 0.3) is 5.91 Å². The first-order chi connectivity index (χ1) is 12.9. The summed E-state index contributed by atoms with van der Waals surface area (Å²) in [4.78, 5) is 12.6. The van der Waals surface area contributed by atoms with E-state index in [-0.39, 0.29) is 18.0 Å². The molecule has 27 heavy (non-hydrogen) atoms. The predicted molar refractivity (Wildman–Crippen MR) is 103 cm³/mol. The van der Waals surface area contributed by atoms with E-state index in [9.17, 15) is 13.2 Å². The molecule has 0 spiro atoms. The van der Waals surface area contributed by atoms with Crippen molar-refractivity contribution in [1.29, 1.82) is 0 Å². The maximum absolute atomic E-state index is 12.6. The molecule has 0 fully saturated rings. The molecule has 0 atom stereocenters. The number of carbonyl (C=O) groups excluding carboxylic acids is 1. The van der Waals surface area contributed by atoms with Gasteiger partial charge in [-0.15, -0.1) is 4.40 Å². The number of carbonyl (C=O) groups is 1. The average molecular weight is 385 g/mol. The Bertz CT molecular complexity index is 1010. The van der Waals surface area contributed by atoms with Crippen molar-refractivity contribution in [2.45, 2.75) is 6.54 Å². The van der Waals surface area contributed by atoms with E-state index >= 15 is 0 Å². The average Bonchev–Trinajstić information content (AvgIpc) is 2.68. The lowest BCUT2D eigenvalue weighted by molar-refractivity contribution is -0.118. The SMILES string of the molecule is COc1ccccc1C1=NS(=O)(=O)N(C)C(C(=O)NCc2ccccc2)=C1. The van der Waals surface area contributed by atoms with Gasteiger partial charge in [-0.05, 0) is 23.8 Å². The first kappa shape index (κ1) is 18.7. The molecule has 0 saturated carbocycles. The van der Waals surface area contributed by atoms with Gasteiger partial charge in [-0.1, -0.05) is 42.5 Å². The summed E-state index contributed by atoms with van der Waals surface area (Å²) in [6.07, 6.45) is 1.44. The number of hydrogen-bond acceptors (Lipinski definition) is 4. The Kier molecular flexibility index (Phi) is 5.27. The first-order valence-electron chi connectivity index (χ1n) is 8.18. The van der Waals surface area contributed by atoms with Gasteiger partial charge in [0.05, 0.1) is 12.8 Å². The highest BCUT2D eigenvalue weighted by Crippen LogP contribution is 2.25. The topological polar surface area (TPSA) is 88.1 Å². The third-order valence-electron chi connectivity index (χ3n) is 4.08. The molecule has 0 aromatic heterocycles. The van der Waals surface area contributed by atoms with Gasteiger partial charge in [-0.3, -0.25) is 4.79 Å². The zero-order valence-electron chi connectivity index (χ0n) is 14.9. The van der Waals surface area contributed by atoms with Gasteiger partial charge < -0.3 is 10.1 Å². The second-order valence-electron chi connectivity index (χ2n) is 5.82. The molecule has 0 saturated heterocycles. The van der Waals surface area contributed by atoms with Crippen molar-refractivity contribution >= 4 is 21.8 Å². The molecular formula is C19H19N3O4S. The van der Waals surface area contributed by atoms with Crippen LogP contribution in [0.2, 0.25) is 0 Å². The fourth-order valence-corrected chi connectivity index (χ4v) is 3.52. The van der Waals surface area contributed by atoms with Gasteiger partial charge in [0, 0.05) is 19.2 Å². The number of benzene rings is 2. The molecular weight excluding hydrogens is 366 g/mol. The van der Waals surface area contributed by atoms with Gasteiger partial charge in [0.1, 0.15) is 11.4 Å². The van der Waals surface area contributed by atoms with E-state index in [0.29, 0.717) is 11.3 Å². The van der Waals surface area contributed by atoms with Crippen LogP contribution in [0.25, 0.3) is 0 Å². The van der Waals surface area contributed by atoms with E-state index in [4.69, 9.17) is 4.74 Å². The maximum Gasteiger partial charge on any atom is 0.345 e. The molecule has 1 amide bonds. The van der Waals surface area contributed by atoms with E-state index in [0.717, 1.165) is 9.87 Å². The molecule has 0 unspecified atom stereocenters. The van der Waals surface area contributed by atoms with Crippen LogP contribution in [0.15, 0.2) is 70.8 Å². The minimum Gasteiger partial charge on any atom is -0.496 e. The minimum atomic E-state index is -4.02. The summed E-state index contributed by atoms with van der Waals surface area (Å²) in [5, 5.41) is 2.74. The number of rotatable bonds is 5. The van der Waals surface area contributed by atoms with Crippen molar-refractivity contribution in [3.05, 3.63) is 77.5 Å². The van der Waals surface area contributed by atoms with Crippen molar-refractivity contribution < 1.29 is 17.9 Å². The van der Waals surface area contributed by atoms with E-state index in [1.54, 1.807) is 24.3 Å². The van der Waals surface area contributed by atoms with Crippen LogP contribution in [0.3, 0.4) is 0 Å². The Labute approximate surface area is 158 Å². The first-order valence-corrected chi connectivity index (χ1v) is 9.58. The summed E-state index contributed by atoms with van der Waals surface area (Å²) in [7, 11) is -1.24. The largest absolute Gasteiger partial charge is 0.496 e. The monoisotopic (exact) mass is 385 g/mol. The molecule has 1 aliphatic rings. The molecule has 3 rings (SSSR count). The maximum atomic E-state index is 12.6. The quantitative estimate of drug-likeness (QED) is 0.851. The van der Waals surface area contributed by atoms with Crippen LogP contribution in [-0.2, 0) is 21.5 Å². The Morgan fingerprint density at radius 1 is 1.11 bits per heavy atom. The number of ether oxygens (including phenoxy) is 1. The van der Waals surface area contributed by atoms with Gasteiger partial charge in [-0.2, -0.15) is 8.42 Å². The molecule has 0 aliphatic carbocycles. The fraction of sp³-hybridized carbons (Fsp3) is 0.158. The summed E-state index contributed by atoms with van der Waals surface area (Å²) < 4.78 is 34.8. The fourth-order valence-electron chi connectivity index (χ4n) is 2.62. The number of methoxy groups -OCH3 is 1. The van der Waals surface area contributed by atoms with E-state index in [1.165, 1.54) is 20.2 Å². The molecule has 2 aromatic rings. The van der Waals surface area contributed by atoms with Crippen LogP contribution in [0.5, 0.6) is 5.75 Å². The highest BCUT2D eigenvalue weighted by molar-refractivity contribution is 7.88. The summed E-state index contributed by atoms with van der Waals surface area (Å²) in [5.41, 5.74) is 1.54. The second kappa shape index (κ2) is 7.63. The van der Waals surface area contributed by atoms with Crippen molar-refractivity contribution in [3.8, 4) is 5.75 Å². The number of nitrogens with zero attached hydrogens (tertiary/aromatic N) is 2. The number of amides is 1. The Morgan fingerprint density at radius 2 is 1.78 bits per heavy atom. The smallest absolute Gasteiger partial charge is 0.345 e. The highest BCUT2D eigenvalue weighted by Gasteiger charge is 2.30. The number of nitrogens with one attached hydrogen (secondary N) is 1. The van der Waals surface area contributed by atoms with Gasteiger partial charge in [0.2, 0.25) is 0 Å². The number of hydrogen-bond donors (Lipinski definition) is 1. The molecule has 0 bridgehead atoms. The van der Waals surface area contributed by atoms with Crippen molar-refractivity contribution in [2.24, 2.45) is 4.40 Å². The molecule has 140 valence electrons. The van der Waals surface area contributed by atoms with Crippen molar-refractivity contribution in [1.82, 2.24) is 9.62 Å². The van der Waals surface area contributed by atoms with E-state index in [2.05, 4.69) is 9.71 Å². The molecule has 7 nitrogen and oxygen atoms in total. The summed E-state index contributed by atoms with van der Waals surface area (Å²) in [5.74, 6) is -0.0384. The Morgan fingerprint density at radius 3 is 2.48 bits per heavy atom. The second-order valence-corrected chi connectivity index (χ2v) is 7.45. The Balaban J connectivity index is 1.92. The van der Waals surface area contributed by atoms with E-state index < -0.39 is 16.1 Å². The van der Waals surface area contributed by atoms with E-state index in [1.807, 2.05) is 30.3 Å². The highest BCUT2D eigenvalue weighted by atomic mass is 32.2. The zero-order chi connectivity index (χ0) is 19.4. The summed E-state index contributed by atoms with van der Waals surface area (Å²) in [6, 6.07) is 16.3. The van der Waals surface area contributed by atoms with Gasteiger partial charge in [-0.25, -0.2) is 4.31 Å². The predicted octanol–water partition coefficient (Wildman–Crippen LogP) is 1.87. The van der Waals surface area contributed by atoms with Crippen LogP contribution in [-0.4, -0.2) is 38.5 Å². The number of allylic oxidation sites excluding steroid dienone is 1. The lowest BCUT2D eigenvalue weighted by atomic mass is 10.1. The standard InChI is InChI=1S/C19H19N3O4S/c1-22-17(19(23)20-13-14-8-4-3-5-9-14)12-16(21-27(22,24)25)15-10-6-7-11-18(15)26-2/h3-12H,13H2,1-2H3,(H,20,23). The van der Waals surface area contributed by atoms with Crippen LogP contribution < -0.4 is 10.1 Å². The van der Waals surface area contributed by atoms with Crippen LogP contribution in [0.4, 0.5) is 0 Å². The molecule has 1 aliphatic heterocycles. The third kappa shape index (κ3) is 4.01. The summed E-state index contributed by atoms with van der Waals surface area (Å²) in [6.45, 7) is 0.284. The zero-order valence-corrected chi connectivity index (χ0v) is 15.7. The van der Waals surface area contributed by atoms with Gasteiger partial charge in [0.15, 0.2) is 0 Å². The molecule has 8 heteroatoms. The minimum absolute atomic E-state index is 0.0122. The van der Waals surface area contributed by atoms with Crippen LogP contribution in [0.1, 0.15) is 11.1 Å².